The molecule has 0 aliphatic rings. The van der Waals surface area contributed by atoms with Crippen LogP contribution in [0.25, 0.3) is 27.4 Å². The molecule has 0 radical (unpaired) electrons. The van der Waals surface area contributed by atoms with E-state index in [4.69, 9.17) is 4.98 Å². The maximum absolute atomic E-state index is 13.4. The highest BCUT2D eigenvalue weighted by Crippen LogP contribution is 2.22. The quantitative estimate of drug-likeness (QED) is 0.486. The van der Waals surface area contributed by atoms with Crippen LogP contribution in [0.4, 0.5) is 0 Å². The fourth-order valence-electron chi connectivity index (χ4n) is 3.59. The van der Waals surface area contributed by atoms with Gasteiger partial charge in [0.25, 0.3) is 5.56 Å². The second kappa shape index (κ2) is 7.95. The molecular formula is C24H25N3O. The zero-order chi connectivity index (χ0) is 19.5. The molecule has 0 fully saturated rings. The molecule has 4 rings (SSSR count). The van der Waals surface area contributed by atoms with E-state index in [0.29, 0.717) is 5.39 Å². The summed E-state index contributed by atoms with van der Waals surface area (Å²) >= 11 is 0. The Morgan fingerprint density at radius 3 is 2.57 bits per heavy atom. The number of hydrogen-bond acceptors (Lipinski definition) is 3. The van der Waals surface area contributed by atoms with Gasteiger partial charge in [0, 0.05) is 0 Å². The lowest BCUT2D eigenvalue weighted by molar-refractivity contribution is 0.520. The number of aromatic nitrogens is 2. The van der Waals surface area contributed by atoms with Crippen LogP contribution in [-0.2, 0) is 0 Å². The van der Waals surface area contributed by atoms with Crippen molar-refractivity contribution in [2.45, 2.75) is 32.7 Å². The lowest BCUT2D eigenvalue weighted by atomic mass is 10.1. The standard InChI is InChI=1S/C24H25N3O/c1-3-4-15-25-17(2)23-26-22-12-8-7-11-21(22)24(28)27(23)20-14-13-18-9-5-6-10-19(18)16-20/h5-14,16-17,25H,3-4,15H2,1-2H3. The Labute approximate surface area is 164 Å². The Morgan fingerprint density at radius 1 is 1.00 bits per heavy atom. The Balaban J connectivity index is 1.92. The number of unbranched alkanes of at least 4 members (excludes halogenated alkanes) is 1. The maximum atomic E-state index is 13.4. The molecule has 1 aromatic heterocycles. The van der Waals surface area contributed by atoms with Crippen LogP contribution < -0.4 is 10.9 Å². The molecule has 142 valence electrons. The van der Waals surface area contributed by atoms with Crippen LogP contribution in [0.2, 0.25) is 0 Å². The number of benzene rings is 3. The normalized spacial score (nSPS) is 12.5. The van der Waals surface area contributed by atoms with Gasteiger partial charge in [-0.05, 0) is 54.9 Å². The van der Waals surface area contributed by atoms with Crippen LogP contribution >= 0.6 is 0 Å². The molecule has 1 N–H and O–H groups in total. The molecule has 3 aromatic carbocycles. The maximum Gasteiger partial charge on any atom is 0.266 e. The van der Waals surface area contributed by atoms with Crippen LogP contribution in [0, 0.1) is 0 Å². The molecular weight excluding hydrogens is 346 g/mol. The summed E-state index contributed by atoms with van der Waals surface area (Å²) in [4.78, 5) is 18.3. The first-order chi connectivity index (χ1) is 13.7. The fraction of sp³-hybridized carbons (Fsp3) is 0.250. The van der Waals surface area contributed by atoms with Crippen molar-refractivity contribution in [3.8, 4) is 5.69 Å². The zero-order valence-electron chi connectivity index (χ0n) is 16.4. The summed E-state index contributed by atoms with van der Waals surface area (Å²) in [7, 11) is 0. The second-order valence-corrected chi connectivity index (χ2v) is 7.19. The Bertz CT molecular complexity index is 1180. The summed E-state index contributed by atoms with van der Waals surface area (Å²) in [5.74, 6) is 0.745. The number of nitrogens with zero attached hydrogens (tertiary/aromatic N) is 2. The molecule has 0 amide bonds. The third-order valence-electron chi connectivity index (χ3n) is 5.16. The van der Waals surface area contributed by atoms with Crippen molar-refractivity contribution in [2.75, 3.05) is 6.54 Å². The average molecular weight is 371 g/mol. The number of hydrogen-bond donors (Lipinski definition) is 1. The van der Waals surface area contributed by atoms with E-state index in [0.717, 1.165) is 47.2 Å². The van der Waals surface area contributed by atoms with Crippen molar-refractivity contribution >= 4 is 21.7 Å². The van der Waals surface area contributed by atoms with Crippen molar-refractivity contribution in [1.82, 2.24) is 14.9 Å². The van der Waals surface area contributed by atoms with Gasteiger partial charge in [-0.2, -0.15) is 0 Å². The van der Waals surface area contributed by atoms with E-state index < -0.39 is 0 Å². The number of nitrogens with one attached hydrogen (secondary N) is 1. The highest BCUT2D eigenvalue weighted by Gasteiger charge is 2.17. The van der Waals surface area contributed by atoms with Gasteiger partial charge in [-0.25, -0.2) is 4.98 Å². The molecule has 0 spiro atoms. The first-order valence-electron chi connectivity index (χ1n) is 9.93. The summed E-state index contributed by atoms with van der Waals surface area (Å²) in [6, 6.07) is 21.9. The summed E-state index contributed by atoms with van der Waals surface area (Å²) < 4.78 is 1.76. The minimum Gasteiger partial charge on any atom is -0.308 e. The first kappa shape index (κ1) is 18.4. The van der Waals surface area contributed by atoms with E-state index in [1.165, 1.54) is 0 Å². The Kier molecular flexibility index (Phi) is 5.22. The molecule has 0 aliphatic carbocycles. The van der Waals surface area contributed by atoms with E-state index in [2.05, 4.69) is 43.4 Å². The third-order valence-corrected chi connectivity index (χ3v) is 5.16. The first-order valence-corrected chi connectivity index (χ1v) is 9.93. The van der Waals surface area contributed by atoms with Crippen molar-refractivity contribution in [1.29, 1.82) is 0 Å². The van der Waals surface area contributed by atoms with Gasteiger partial charge in [-0.1, -0.05) is 55.8 Å². The van der Waals surface area contributed by atoms with Crippen molar-refractivity contribution in [3.05, 3.63) is 82.9 Å². The van der Waals surface area contributed by atoms with Gasteiger partial charge < -0.3 is 5.32 Å². The molecule has 0 aliphatic heterocycles. The Hall–Kier alpha value is -2.98. The van der Waals surface area contributed by atoms with Crippen LogP contribution in [-0.4, -0.2) is 16.1 Å². The van der Waals surface area contributed by atoms with Crippen molar-refractivity contribution in [2.24, 2.45) is 0 Å². The topological polar surface area (TPSA) is 46.9 Å². The second-order valence-electron chi connectivity index (χ2n) is 7.19. The number of para-hydroxylation sites is 1. The predicted molar refractivity (Wildman–Crippen MR) is 116 cm³/mol. The molecule has 0 saturated heterocycles. The molecule has 0 bridgehead atoms. The zero-order valence-corrected chi connectivity index (χ0v) is 16.4. The molecule has 4 aromatic rings. The third kappa shape index (κ3) is 3.43. The van der Waals surface area contributed by atoms with E-state index in [1.807, 2.05) is 42.5 Å². The smallest absolute Gasteiger partial charge is 0.266 e. The van der Waals surface area contributed by atoms with Gasteiger partial charge in [0.05, 0.1) is 22.6 Å². The largest absolute Gasteiger partial charge is 0.308 e. The minimum atomic E-state index is -0.0321. The lowest BCUT2D eigenvalue weighted by Crippen LogP contribution is -2.30. The lowest BCUT2D eigenvalue weighted by Gasteiger charge is -2.20. The van der Waals surface area contributed by atoms with Gasteiger partial charge in [-0.3, -0.25) is 9.36 Å². The highest BCUT2D eigenvalue weighted by atomic mass is 16.1. The van der Waals surface area contributed by atoms with Crippen molar-refractivity contribution in [3.63, 3.8) is 0 Å². The average Bonchev–Trinajstić information content (AvgIpc) is 2.73. The van der Waals surface area contributed by atoms with Crippen LogP contribution in [0.3, 0.4) is 0 Å². The van der Waals surface area contributed by atoms with E-state index in [9.17, 15) is 4.79 Å². The van der Waals surface area contributed by atoms with Gasteiger partial charge in [-0.15, -0.1) is 0 Å². The van der Waals surface area contributed by atoms with E-state index in [-0.39, 0.29) is 11.6 Å². The summed E-state index contributed by atoms with van der Waals surface area (Å²) in [6.45, 7) is 5.15. The van der Waals surface area contributed by atoms with Crippen LogP contribution in [0.1, 0.15) is 38.6 Å². The Morgan fingerprint density at radius 2 is 1.75 bits per heavy atom. The van der Waals surface area contributed by atoms with E-state index >= 15 is 0 Å². The molecule has 1 unspecified atom stereocenters. The van der Waals surface area contributed by atoms with E-state index in [1.54, 1.807) is 4.57 Å². The fourth-order valence-corrected chi connectivity index (χ4v) is 3.59. The summed E-state index contributed by atoms with van der Waals surface area (Å²) in [5.41, 5.74) is 1.56. The van der Waals surface area contributed by atoms with Gasteiger partial charge in [0.2, 0.25) is 0 Å². The molecule has 4 heteroatoms. The molecule has 28 heavy (non-hydrogen) atoms. The van der Waals surface area contributed by atoms with Gasteiger partial charge in [0.15, 0.2) is 0 Å². The predicted octanol–water partition coefficient (Wildman–Crippen LogP) is 4.99. The van der Waals surface area contributed by atoms with Gasteiger partial charge in [0.1, 0.15) is 5.82 Å². The summed E-state index contributed by atoms with van der Waals surface area (Å²) in [5, 5.41) is 6.42. The van der Waals surface area contributed by atoms with Crippen LogP contribution in [0.15, 0.2) is 71.5 Å². The highest BCUT2D eigenvalue weighted by molar-refractivity contribution is 5.85. The SMILES string of the molecule is CCCCNC(C)c1nc2ccccc2c(=O)n1-c1ccc2ccccc2c1. The van der Waals surface area contributed by atoms with Crippen molar-refractivity contribution < 1.29 is 0 Å². The summed E-state index contributed by atoms with van der Waals surface area (Å²) in [6.07, 6.45) is 2.22. The molecule has 1 atom stereocenters. The minimum absolute atomic E-state index is 0.0278. The number of fused-ring (bicyclic) bond motifs is 2. The van der Waals surface area contributed by atoms with Gasteiger partial charge >= 0.3 is 0 Å². The van der Waals surface area contributed by atoms with Crippen LogP contribution in [0.5, 0.6) is 0 Å². The number of rotatable bonds is 6. The molecule has 4 nitrogen and oxygen atoms in total. The molecule has 1 heterocycles. The monoisotopic (exact) mass is 371 g/mol. The molecule has 0 saturated carbocycles.